The number of carbonyl (C=O) groups is 1. The Bertz CT molecular complexity index is 1290. The lowest BCUT2D eigenvalue weighted by atomic mass is 10.0. The number of likely N-dealkylation sites (N-methyl/N-ethyl adjacent to an activating group) is 1. The summed E-state index contributed by atoms with van der Waals surface area (Å²) in [5, 5.41) is 14.5. The van der Waals surface area contributed by atoms with Gasteiger partial charge in [-0.2, -0.15) is 10.2 Å². The largest absolute Gasteiger partial charge is 0.369 e. The summed E-state index contributed by atoms with van der Waals surface area (Å²) >= 11 is 0. The zero-order valence-corrected chi connectivity index (χ0v) is 18.0. The minimum Gasteiger partial charge on any atom is -0.369 e. The maximum absolute atomic E-state index is 14.6. The van der Waals surface area contributed by atoms with Gasteiger partial charge in [0.15, 0.2) is 5.69 Å². The first-order chi connectivity index (χ1) is 15.5. The average molecular weight is 433 g/mol. The Kier molecular flexibility index (Phi) is 5.10. The fourth-order valence-electron chi connectivity index (χ4n) is 4.03. The maximum atomic E-state index is 14.6. The van der Waals surface area contributed by atoms with Gasteiger partial charge in [-0.3, -0.25) is 14.6 Å². The van der Waals surface area contributed by atoms with Crippen LogP contribution in [-0.2, 0) is 7.05 Å². The molecule has 0 atom stereocenters. The Balaban J connectivity index is 1.41. The number of anilines is 2. The smallest absolute Gasteiger partial charge is 0.276 e. The summed E-state index contributed by atoms with van der Waals surface area (Å²) in [6.45, 7) is 3.90. The van der Waals surface area contributed by atoms with Crippen molar-refractivity contribution >= 4 is 28.2 Å². The van der Waals surface area contributed by atoms with E-state index in [0.29, 0.717) is 27.7 Å². The van der Waals surface area contributed by atoms with Crippen molar-refractivity contribution in [2.75, 3.05) is 43.4 Å². The average Bonchev–Trinajstić information content (AvgIpc) is 3.39. The molecule has 1 aliphatic rings. The van der Waals surface area contributed by atoms with Gasteiger partial charge in [0.2, 0.25) is 0 Å². The van der Waals surface area contributed by atoms with E-state index in [0.717, 1.165) is 31.9 Å². The van der Waals surface area contributed by atoms with Crippen molar-refractivity contribution in [2.45, 2.75) is 0 Å². The summed E-state index contributed by atoms with van der Waals surface area (Å²) in [6.07, 6.45) is 3.32. The number of hydrogen-bond acceptors (Lipinski definition) is 5. The van der Waals surface area contributed by atoms with E-state index in [4.69, 9.17) is 0 Å². The van der Waals surface area contributed by atoms with Crippen LogP contribution in [0.1, 0.15) is 10.5 Å². The number of aromatic nitrogens is 4. The molecule has 2 N–H and O–H groups in total. The lowest BCUT2D eigenvalue weighted by molar-refractivity contribution is 0.102. The van der Waals surface area contributed by atoms with Crippen LogP contribution in [0, 0.1) is 5.82 Å². The van der Waals surface area contributed by atoms with Crippen LogP contribution < -0.4 is 10.2 Å². The van der Waals surface area contributed by atoms with Crippen LogP contribution in [0.3, 0.4) is 0 Å². The topological polar surface area (TPSA) is 82.1 Å². The molecular weight excluding hydrogens is 409 g/mol. The first-order valence-electron chi connectivity index (χ1n) is 10.5. The molecule has 2 aromatic heterocycles. The highest BCUT2D eigenvalue weighted by atomic mass is 19.1. The number of carbonyl (C=O) groups excluding carboxylic acids is 1. The van der Waals surface area contributed by atoms with Crippen molar-refractivity contribution in [2.24, 2.45) is 7.05 Å². The number of halogens is 1. The SMILES string of the molecule is CN1CCN(c2cccc(NC(=O)c3n[nH]c4cc(F)c(-c5cnn(C)c5)cc34)c2)CC1. The highest BCUT2D eigenvalue weighted by molar-refractivity contribution is 6.11. The fourth-order valence-corrected chi connectivity index (χ4v) is 4.03. The van der Waals surface area contributed by atoms with Crippen molar-refractivity contribution in [3.05, 3.63) is 60.3 Å². The number of H-pyrrole nitrogens is 1. The Labute approximate surface area is 184 Å². The van der Waals surface area contributed by atoms with Gasteiger partial charge < -0.3 is 15.1 Å². The molecule has 1 saturated heterocycles. The van der Waals surface area contributed by atoms with Crippen molar-refractivity contribution in [3.63, 3.8) is 0 Å². The van der Waals surface area contributed by atoms with Gasteiger partial charge in [0.1, 0.15) is 5.82 Å². The molecule has 9 heteroatoms. The zero-order valence-electron chi connectivity index (χ0n) is 18.0. The molecule has 8 nitrogen and oxygen atoms in total. The van der Waals surface area contributed by atoms with Crippen LogP contribution in [0.2, 0.25) is 0 Å². The third-order valence-electron chi connectivity index (χ3n) is 5.85. The standard InChI is InChI=1S/C23H24FN7O/c1-29-6-8-31(9-7-29)17-5-3-4-16(10-17)26-23(32)22-19-11-18(15-13-25-30(2)14-15)20(24)12-21(19)27-28-22/h3-5,10-14H,6-9H2,1-2H3,(H,26,32)(H,27,28). The van der Waals surface area contributed by atoms with Crippen molar-refractivity contribution in [3.8, 4) is 11.1 Å². The van der Waals surface area contributed by atoms with E-state index in [2.05, 4.69) is 37.5 Å². The van der Waals surface area contributed by atoms with E-state index < -0.39 is 5.82 Å². The van der Waals surface area contributed by atoms with E-state index in [1.807, 2.05) is 24.3 Å². The second-order valence-corrected chi connectivity index (χ2v) is 8.15. The van der Waals surface area contributed by atoms with Gasteiger partial charge in [-0.1, -0.05) is 6.07 Å². The van der Waals surface area contributed by atoms with Crippen LogP contribution in [0.5, 0.6) is 0 Å². The predicted octanol–water partition coefficient (Wildman–Crippen LogP) is 3.11. The Morgan fingerprint density at radius 2 is 1.94 bits per heavy atom. The zero-order chi connectivity index (χ0) is 22.2. The number of amides is 1. The quantitative estimate of drug-likeness (QED) is 0.517. The molecule has 0 saturated carbocycles. The van der Waals surface area contributed by atoms with Gasteiger partial charge in [-0.15, -0.1) is 0 Å². The number of nitrogens with one attached hydrogen (secondary N) is 2. The first-order valence-corrected chi connectivity index (χ1v) is 10.5. The molecular formula is C23H24FN7O. The number of piperazine rings is 1. The van der Waals surface area contributed by atoms with Crippen molar-refractivity contribution in [1.82, 2.24) is 24.9 Å². The van der Waals surface area contributed by atoms with Crippen molar-refractivity contribution < 1.29 is 9.18 Å². The minimum absolute atomic E-state index is 0.218. The van der Waals surface area contributed by atoms with Crippen LogP contribution in [0.4, 0.5) is 15.8 Å². The molecule has 1 aliphatic heterocycles. The maximum Gasteiger partial charge on any atom is 0.276 e. The second-order valence-electron chi connectivity index (χ2n) is 8.15. The minimum atomic E-state index is -0.402. The molecule has 1 amide bonds. The monoisotopic (exact) mass is 433 g/mol. The summed E-state index contributed by atoms with van der Waals surface area (Å²) in [5.41, 5.74) is 3.46. The number of aromatic amines is 1. The van der Waals surface area contributed by atoms with E-state index in [9.17, 15) is 9.18 Å². The summed E-state index contributed by atoms with van der Waals surface area (Å²) in [4.78, 5) is 17.6. The van der Waals surface area contributed by atoms with Gasteiger partial charge in [0, 0.05) is 73.4 Å². The molecule has 0 bridgehead atoms. The third-order valence-corrected chi connectivity index (χ3v) is 5.85. The van der Waals surface area contributed by atoms with Gasteiger partial charge in [-0.05, 0) is 31.3 Å². The summed E-state index contributed by atoms with van der Waals surface area (Å²) in [6, 6.07) is 10.8. The molecule has 3 heterocycles. The van der Waals surface area contributed by atoms with Crippen LogP contribution in [0.15, 0.2) is 48.8 Å². The van der Waals surface area contributed by atoms with E-state index in [1.165, 1.54) is 6.07 Å². The third kappa shape index (κ3) is 3.82. The summed E-state index contributed by atoms with van der Waals surface area (Å²) in [7, 11) is 3.89. The van der Waals surface area contributed by atoms with E-state index in [-0.39, 0.29) is 11.6 Å². The molecule has 32 heavy (non-hydrogen) atoms. The molecule has 0 unspecified atom stereocenters. The molecule has 2 aromatic carbocycles. The molecule has 5 rings (SSSR count). The summed E-state index contributed by atoms with van der Waals surface area (Å²) < 4.78 is 16.2. The lowest BCUT2D eigenvalue weighted by Crippen LogP contribution is -2.44. The number of rotatable bonds is 4. The molecule has 0 aliphatic carbocycles. The van der Waals surface area contributed by atoms with E-state index in [1.54, 1.807) is 30.2 Å². The molecule has 164 valence electrons. The number of hydrogen-bond donors (Lipinski definition) is 2. The second kappa shape index (κ2) is 8.08. The number of nitrogens with zero attached hydrogens (tertiary/aromatic N) is 5. The number of benzene rings is 2. The van der Waals surface area contributed by atoms with Gasteiger partial charge in [0.05, 0.1) is 11.7 Å². The highest BCUT2D eigenvalue weighted by Gasteiger charge is 2.19. The Hall–Kier alpha value is -3.72. The normalized spacial score (nSPS) is 14.8. The fraction of sp³-hybridized carbons (Fsp3) is 0.261. The molecule has 4 aromatic rings. The predicted molar refractivity (Wildman–Crippen MR) is 122 cm³/mol. The molecule has 0 spiro atoms. The van der Waals surface area contributed by atoms with Gasteiger partial charge in [0.25, 0.3) is 5.91 Å². The number of fused-ring (bicyclic) bond motifs is 1. The Morgan fingerprint density at radius 1 is 1.12 bits per heavy atom. The molecule has 1 fully saturated rings. The first kappa shape index (κ1) is 20.2. The van der Waals surface area contributed by atoms with Gasteiger partial charge in [-0.25, -0.2) is 4.39 Å². The summed E-state index contributed by atoms with van der Waals surface area (Å²) in [5.74, 6) is -0.753. The van der Waals surface area contributed by atoms with Gasteiger partial charge >= 0.3 is 0 Å². The van der Waals surface area contributed by atoms with Crippen molar-refractivity contribution in [1.29, 1.82) is 0 Å². The van der Waals surface area contributed by atoms with E-state index >= 15 is 0 Å². The van der Waals surface area contributed by atoms with Crippen LogP contribution in [0.25, 0.3) is 22.0 Å². The lowest BCUT2D eigenvalue weighted by Gasteiger charge is -2.34. The Morgan fingerprint density at radius 3 is 2.69 bits per heavy atom. The molecule has 0 radical (unpaired) electrons. The number of aryl methyl sites for hydroxylation is 1. The highest BCUT2D eigenvalue weighted by Crippen LogP contribution is 2.29. The van der Waals surface area contributed by atoms with Crippen LogP contribution in [-0.4, -0.2) is 64.0 Å². The van der Waals surface area contributed by atoms with Crippen LogP contribution >= 0.6 is 0 Å².